The third-order valence-corrected chi connectivity index (χ3v) is 11.4. The first-order valence-electron chi connectivity index (χ1n) is 20.6. The molecule has 5 rings (SSSR count). The van der Waals surface area contributed by atoms with Crippen molar-refractivity contribution in [2.24, 2.45) is 11.8 Å². The quantitative estimate of drug-likeness (QED) is 0.0479. The third-order valence-electron chi connectivity index (χ3n) is 11.4. The van der Waals surface area contributed by atoms with Gasteiger partial charge in [0.15, 0.2) is 0 Å². The molecule has 0 spiro atoms. The largest absolute Gasteiger partial charge is 0.490 e. The number of esters is 3. The van der Waals surface area contributed by atoms with Crippen molar-refractivity contribution >= 4 is 17.9 Å². The van der Waals surface area contributed by atoms with Crippen LogP contribution in [0.4, 0.5) is 0 Å². The first-order chi connectivity index (χ1) is 28.1. The van der Waals surface area contributed by atoms with Crippen LogP contribution in [0.2, 0.25) is 0 Å². The normalized spacial score (nSPS) is 19.1. The third kappa shape index (κ3) is 12.8. The minimum absolute atomic E-state index is 0.00318. The highest BCUT2D eigenvalue weighted by atomic mass is 16.6. The first kappa shape index (κ1) is 44.1. The van der Waals surface area contributed by atoms with Crippen molar-refractivity contribution in [1.29, 1.82) is 0 Å². The molecular formula is C49H60O9. The fraction of sp³-hybridized carbons (Fsp3) is 0.449. The van der Waals surface area contributed by atoms with E-state index in [4.69, 9.17) is 28.4 Å². The topological polar surface area (TPSA) is 107 Å². The number of carbonyl (C=O) groups excluding carboxylic acids is 3. The molecule has 0 aromatic heterocycles. The fourth-order valence-corrected chi connectivity index (χ4v) is 8.17. The van der Waals surface area contributed by atoms with Crippen LogP contribution in [0, 0.1) is 11.8 Å². The van der Waals surface area contributed by atoms with Gasteiger partial charge in [-0.15, -0.1) is 0 Å². The molecule has 0 radical (unpaired) electrons. The maximum absolute atomic E-state index is 12.2. The van der Waals surface area contributed by atoms with Gasteiger partial charge in [0.1, 0.15) is 25.1 Å². The molecule has 310 valence electrons. The summed E-state index contributed by atoms with van der Waals surface area (Å²) < 4.78 is 32.3. The maximum Gasteiger partial charge on any atom is 0.335 e. The Labute approximate surface area is 344 Å². The van der Waals surface area contributed by atoms with Crippen molar-refractivity contribution in [2.75, 3.05) is 47.3 Å². The van der Waals surface area contributed by atoms with Gasteiger partial charge >= 0.3 is 17.9 Å². The number of benzene rings is 3. The molecule has 2 fully saturated rings. The van der Waals surface area contributed by atoms with Crippen molar-refractivity contribution in [3.05, 3.63) is 114 Å². The SMILES string of the molecule is C=C(C)C(=O)OC1CCC(C2CCC(c3cc(OCCOC(=O)C(=C)COC)ccc3-c3ccc(-c4ccc(CCCOC(=O)C(=C)COC)cc4)cc3)CC2)CC1. The van der Waals surface area contributed by atoms with Crippen LogP contribution in [-0.4, -0.2) is 71.3 Å². The van der Waals surface area contributed by atoms with Crippen molar-refractivity contribution in [3.8, 4) is 28.0 Å². The predicted octanol–water partition coefficient (Wildman–Crippen LogP) is 9.78. The highest BCUT2D eigenvalue weighted by Crippen LogP contribution is 2.46. The number of methoxy groups -OCH3 is 2. The molecule has 9 heteroatoms. The molecule has 0 aliphatic heterocycles. The molecule has 58 heavy (non-hydrogen) atoms. The van der Waals surface area contributed by atoms with Crippen molar-refractivity contribution in [2.45, 2.75) is 83.2 Å². The van der Waals surface area contributed by atoms with E-state index >= 15 is 0 Å². The molecule has 0 N–H and O–H groups in total. The zero-order valence-electron chi connectivity index (χ0n) is 34.6. The molecule has 0 heterocycles. The van der Waals surface area contributed by atoms with Crippen LogP contribution in [-0.2, 0) is 44.5 Å². The smallest absolute Gasteiger partial charge is 0.335 e. The molecule has 0 atom stereocenters. The lowest BCUT2D eigenvalue weighted by molar-refractivity contribution is -0.146. The predicted molar refractivity (Wildman–Crippen MR) is 226 cm³/mol. The average Bonchev–Trinajstić information content (AvgIpc) is 3.24. The van der Waals surface area contributed by atoms with E-state index < -0.39 is 11.9 Å². The molecule has 0 amide bonds. The van der Waals surface area contributed by atoms with E-state index in [9.17, 15) is 14.4 Å². The summed E-state index contributed by atoms with van der Waals surface area (Å²) in [6.45, 7) is 13.8. The van der Waals surface area contributed by atoms with Gasteiger partial charge < -0.3 is 28.4 Å². The van der Waals surface area contributed by atoms with Crippen LogP contribution in [0.25, 0.3) is 22.3 Å². The van der Waals surface area contributed by atoms with Crippen molar-refractivity contribution in [3.63, 3.8) is 0 Å². The number of rotatable bonds is 20. The Balaban J connectivity index is 1.22. The summed E-state index contributed by atoms with van der Waals surface area (Å²) in [5.41, 5.74) is 8.13. The standard InChI is InChI=1S/C49H60O9/c1-33(2)47(50)58-43-23-21-40(22-24-43)39-15-19-42(20-16-39)46-30-44(55-28-29-57-49(52)35(4)32-54-6)25-26-45(46)41-17-13-38(14-18-41)37-11-9-36(10-12-37)8-7-27-56-48(51)34(3)31-53-5/h9-14,17-18,25-26,30,39-40,42-43H,1,3-4,7-8,15-16,19-24,27-29,31-32H2,2,5-6H3. The fourth-order valence-electron chi connectivity index (χ4n) is 8.17. The molecule has 0 unspecified atom stereocenters. The van der Waals surface area contributed by atoms with Crippen LogP contribution in [0.1, 0.15) is 81.8 Å². The van der Waals surface area contributed by atoms with Gasteiger partial charge in [0.2, 0.25) is 0 Å². The van der Waals surface area contributed by atoms with E-state index in [1.807, 2.05) is 6.07 Å². The van der Waals surface area contributed by atoms with Crippen LogP contribution < -0.4 is 4.74 Å². The number of hydrogen-bond acceptors (Lipinski definition) is 9. The second-order valence-electron chi connectivity index (χ2n) is 15.7. The second kappa shape index (κ2) is 22.2. The van der Waals surface area contributed by atoms with Crippen molar-refractivity contribution < 1.29 is 42.8 Å². The Hall–Kier alpha value is -4.99. The van der Waals surface area contributed by atoms with Gasteiger partial charge in [0.25, 0.3) is 0 Å². The first-order valence-corrected chi connectivity index (χ1v) is 20.6. The number of ether oxygens (including phenoxy) is 6. The second-order valence-corrected chi connectivity index (χ2v) is 15.7. The zero-order valence-corrected chi connectivity index (χ0v) is 34.6. The maximum atomic E-state index is 12.2. The minimum atomic E-state index is -0.486. The Kier molecular flexibility index (Phi) is 16.9. The van der Waals surface area contributed by atoms with E-state index in [1.165, 1.54) is 43.8 Å². The Morgan fingerprint density at radius 3 is 1.72 bits per heavy atom. The Morgan fingerprint density at radius 1 is 0.621 bits per heavy atom. The average molecular weight is 793 g/mol. The molecule has 0 bridgehead atoms. The molecule has 2 aliphatic carbocycles. The van der Waals surface area contributed by atoms with E-state index in [2.05, 4.69) is 80.4 Å². The number of aryl methyl sites for hydroxylation is 1. The zero-order chi connectivity index (χ0) is 41.4. The number of carbonyl (C=O) groups is 3. The monoisotopic (exact) mass is 792 g/mol. The van der Waals surface area contributed by atoms with E-state index in [1.54, 1.807) is 6.92 Å². The summed E-state index contributed by atoms with van der Waals surface area (Å²) in [6.07, 6.45) is 10.1. The molecule has 3 aromatic rings. The van der Waals surface area contributed by atoms with Crippen LogP contribution >= 0.6 is 0 Å². The highest BCUT2D eigenvalue weighted by Gasteiger charge is 2.33. The van der Waals surface area contributed by atoms with Crippen LogP contribution in [0.5, 0.6) is 5.75 Å². The molecule has 0 saturated heterocycles. The van der Waals surface area contributed by atoms with Gasteiger partial charge in [0, 0.05) is 19.8 Å². The minimum Gasteiger partial charge on any atom is -0.490 e. The van der Waals surface area contributed by atoms with Gasteiger partial charge in [-0.1, -0.05) is 74.3 Å². The summed E-state index contributed by atoms with van der Waals surface area (Å²) in [4.78, 5) is 36.2. The lowest BCUT2D eigenvalue weighted by atomic mass is 9.69. The molecule has 2 aliphatic rings. The van der Waals surface area contributed by atoms with Gasteiger partial charge in [-0.05, 0) is 134 Å². The van der Waals surface area contributed by atoms with Gasteiger partial charge in [-0.2, -0.15) is 0 Å². The Morgan fingerprint density at radius 2 is 1.16 bits per heavy atom. The number of hydrogen-bond donors (Lipinski definition) is 0. The summed E-state index contributed by atoms with van der Waals surface area (Å²) >= 11 is 0. The molecule has 2 saturated carbocycles. The van der Waals surface area contributed by atoms with Gasteiger partial charge in [-0.3, -0.25) is 0 Å². The van der Waals surface area contributed by atoms with Crippen LogP contribution in [0.3, 0.4) is 0 Å². The van der Waals surface area contributed by atoms with Gasteiger partial charge in [-0.25, -0.2) is 14.4 Å². The van der Waals surface area contributed by atoms with Crippen molar-refractivity contribution in [1.82, 2.24) is 0 Å². The summed E-state index contributed by atoms with van der Waals surface area (Å²) in [5.74, 6) is 1.30. The van der Waals surface area contributed by atoms with E-state index in [0.29, 0.717) is 35.5 Å². The Bertz CT molecular complexity index is 1860. The molecule has 3 aromatic carbocycles. The highest BCUT2D eigenvalue weighted by molar-refractivity contribution is 5.88. The lowest BCUT2D eigenvalue weighted by Crippen LogP contribution is -2.29. The van der Waals surface area contributed by atoms with E-state index in [-0.39, 0.29) is 44.1 Å². The summed E-state index contributed by atoms with van der Waals surface area (Å²) in [5, 5.41) is 0. The summed E-state index contributed by atoms with van der Waals surface area (Å²) in [7, 11) is 3.03. The van der Waals surface area contributed by atoms with Gasteiger partial charge in [0.05, 0.1) is 31.0 Å². The molecular weight excluding hydrogens is 733 g/mol. The molecule has 9 nitrogen and oxygen atoms in total. The van der Waals surface area contributed by atoms with Crippen LogP contribution in [0.15, 0.2) is 103 Å². The lowest BCUT2D eigenvalue weighted by Gasteiger charge is -2.38. The summed E-state index contributed by atoms with van der Waals surface area (Å²) in [6, 6.07) is 23.6. The van der Waals surface area contributed by atoms with E-state index in [0.717, 1.165) is 73.8 Å².